The molecule has 3 N–H and O–H groups in total. The average Bonchev–Trinajstić information content (AvgIpc) is 2.18. The van der Waals surface area contributed by atoms with Crippen LogP contribution >= 0.6 is 0 Å². The van der Waals surface area contributed by atoms with Crippen molar-refractivity contribution in [3.05, 3.63) is 11.6 Å². The van der Waals surface area contributed by atoms with E-state index in [9.17, 15) is 9.59 Å². The zero-order valence-electron chi connectivity index (χ0n) is 9.09. The first-order valence-electron chi connectivity index (χ1n) is 5.00. The number of carbonyl (C=O) groups is 2. The predicted molar refractivity (Wildman–Crippen MR) is 57.2 cm³/mol. The Bertz CT molecular complexity index is 272. The first-order chi connectivity index (χ1) is 7.09. The summed E-state index contributed by atoms with van der Waals surface area (Å²) in [6, 6.07) is -0.312. The molecule has 0 spiro atoms. The zero-order valence-corrected chi connectivity index (χ0v) is 9.09. The Balaban J connectivity index is 2.28. The molecule has 1 saturated heterocycles. The van der Waals surface area contributed by atoms with Crippen LogP contribution in [0.2, 0.25) is 0 Å². The summed E-state index contributed by atoms with van der Waals surface area (Å²) < 4.78 is 0. The Hall–Kier alpha value is -1.36. The first-order valence-corrected chi connectivity index (χ1v) is 5.00. The number of hydrogen-bond donors (Lipinski definition) is 3. The molecule has 1 aliphatic rings. The summed E-state index contributed by atoms with van der Waals surface area (Å²) in [7, 11) is 0. The highest BCUT2D eigenvalue weighted by Gasteiger charge is 2.22. The van der Waals surface area contributed by atoms with Gasteiger partial charge in [-0.15, -0.1) is 0 Å². The molecular weight excluding hydrogens is 194 g/mol. The fraction of sp³-hybridized carbons (Fsp3) is 0.600. The second-order valence-corrected chi connectivity index (χ2v) is 3.76. The molecule has 15 heavy (non-hydrogen) atoms. The van der Waals surface area contributed by atoms with Gasteiger partial charge in [0, 0.05) is 13.1 Å². The second kappa shape index (κ2) is 5.50. The molecule has 0 aliphatic carbocycles. The van der Waals surface area contributed by atoms with Gasteiger partial charge in [0.1, 0.15) is 6.04 Å². The molecule has 0 saturated carbocycles. The first kappa shape index (κ1) is 11.7. The molecule has 1 fully saturated rings. The molecule has 0 aromatic rings. The number of rotatable bonds is 3. The predicted octanol–water partition coefficient (Wildman–Crippen LogP) is -0.843. The average molecular weight is 211 g/mol. The van der Waals surface area contributed by atoms with Gasteiger partial charge in [0.2, 0.25) is 11.8 Å². The summed E-state index contributed by atoms with van der Waals surface area (Å²) in [6.45, 7) is 5.06. The van der Waals surface area contributed by atoms with Gasteiger partial charge in [-0.25, -0.2) is 0 Å². The Morgan fingerprint density at radius 1 is 1.60 bits per heavy atom. The second-order valence-electron chi connectivity index (χ2n) is 3.76. The number of amides is 2. The molecule has 0 aromatic heterocycles. The van der Waals surface area contributed by atoms with Crippen molar-refractivity contribution in [2.24, 2.45) is 0 Å². The van der Waals surface area contributed by atoms with E-state index in [-0.39, 0.29) is 24.4 Å². The zero-order chi connectivity index (χ0) is 11.3. The normalized spacial score (nSPS) is 20.4. The van der Waals surface area contributed by atoms with Crippen LogP contribution in [0.15, 0.2) is 11.6 Å². The minimum absolute atomic E-state index is 0.0663. The molecule has 1 aliphatic heterocycles. The summed E-state index contributed by atoms with van der Waals surface area (Å²) >= 11 is 0. The van der Waals surface area contributed by atoms with Crippen LogP contribution in [0.25, 0.3) is 0 Å². The molecule has 5 heteroatoms. The van der Waals surface area contributed by atoms with Crippen molar-refractivity contribution in [1.82, 2.24) is 16.0 Å². The molecule has 0 aromatic carbocycles. The maximum atomic E-state index is 11.5. The van der Waals surface area contributed by atoms with E-state index in [0.717, 1.165) is 0 Å². The summed E-state index contributed by atoms with van der Waals surface area (Å²) in [4.78, 5) is 22.4. The smallest absolute Gasteiger partial charge is 0.239 e. The van der Waals surface area contributed by atoms with Gasteiger partial charge in [-0.2, -0.15) is 0 Å². The highest BCUT2D eigenvalue weighted by atomic mass is 16.2. The highest BCUT2D eigenvalue weighted by molar-refractivity contribution is 5.86. The molecule has 2 amide bonds. The van der Waals surface area contributed by atoms with Gasteiger partial charge >= 0.3 is 0 Å². The van der Waals surface area contributed by atoms with E-state index in [1.54, 1.807) is 0 Å². The molecule has 1 unspecified atom stereocenters. The van der Waals surface area contributed by atoms with Gasteiger partial charge in [-0.05, 0) is 13.8 Å². The Morgan fingerprint density at radius 3 is 2.87 bits per heavy atom. The van der Waals surface area contributed by atoms with Gasteiger partial charge < -0.3 is 10.6 Å². The number of hydrogen-bond acceptors (Lipinski definition) is 3. The van der Waals surface area contributed by atoms with Gasteiger partial charge in [-0.3, -0.25) is 14.9 Å². The van der Waals surface area contributed by atoms with Crippen LogP contribution in [0.4, 0.5) is 0 Å². The van der Waals surface area contributed by atoms with Crippen LogP contribution < -0.4 is 16.0 Å². The van der Waals surface area contributed by atoms with Crippen molar-refractivity contribution in [3.63, 3.8) is 0 Å². The lowest BCUT2D eigenvalue weighted by atomic mass is 10.2. The molecular formula is C10H17N3O2. The summed E-state index contributed by atoms with van der Waals surface area (Å²) in [5.41, 5.74) is 1.17. The molecule has 1 rings (SSSR count). The minimum Gasteiger partial charge on any atom is -0.353 e. The lowest BCUT2D eigenvalue weighted by molar-refractivity contribution is -0.126. The standard InChI is InChI=1S/C10H17N3O2/c1-7(2)3-4-11-10(15)8-5-13-9(14)6-12-8/h3,8,12H,4-6H2,1-2H3,(H,11,15)(H,13,14). The minimum atomic E-state index is -0.312. The summed E-state index contributed by atoms with van der Waals surface area (Å²) in [5, 5.41) is 8.27. The van der Waals surface area contributed by atoms with E-state index in [2.05, 4.69) is 16.0 Å². The molecule has 5 nitrogen and oxygen atoms in total. The van der Waals surface area contributed by atoms with Crippen molar-refractivity contribution in [2.75, 3.05) is 19.6 Å². The van der Waals surface area contributed by atoms with Crippen LogP contribution in [-0.2, 0) is 9.59 Å². The molecule has 84 valence electrons. The number of nitrogens with one attached hydrogen (secondary N) is 3. The van der Waals surface area contributed by atoms with Crippen molar-refractivity contribution in [3.8, 4) is 0 Å². The van der Waals surface area contributed by atoms with Crippen LogP contribution in [0.5, 0.6) is 0 Å². The fourth-order valence-electron chi connectivity index (χ4n) is 1.23. The lowest BCUT2D eigenvalue weighted by Crippen LogP contribution is -2.58. The van der Waals surface area contributed by atoms with E-state index < -0.39 is 0 Å². The monoisotopic (exact) mass is 211 g/mol. The molecule has 1 heterocycles. The quantitative estimate of drug-likeness (QED) is 0.533. The van der Waals surface area contributed by atoms with Gasteiger partial charge in [0.25, 0.3) is 0 Å². The van der Waals surface area contributed by atoms with E-state index in [1.165, 1.54) is 5.57 Å². The Kier molecular flexibility index (Phi) is 4.30. The van der Waals surface area contributed by atoms with Crippen LogP contribution in [0.1, 0.15) is 13.8 Å². The summed E-state index contributed by atoms with van der Waals surface area (Å²) in [6.07, 6.45) is 1.94. The highest BCUT2D eigenvalue weighted by Crippen LogP contribution is 1.90. The van der Waals surface area contributed by atoms with Crippen LogP contribution in [-0.4, -0.2) is 37.5 Å². The van der Waals surface area contributed by atoms with Crippen LogP contribution in [0.3, 0.4) is 0 Å². The summed E-state index contributed by atoms with van der Waals surface area (Å²) in [5.74, 6) is -0.143. The lowest BCUT2D eigenvalue weighted by Gasteiger charge is -2.22. The largest absolute Gasteiger partial charge is 0.353 e. The van der Waals surface area contributed by atoms with Crippen molar-refractivity contribution < 1.29 is 9.59 Å². The maximum Gasteiger partial charge on any atom is 0.239 e. The number of piperazine rings is 1. The van der Waals surface area contributed by atoms with Crippen molar-refractivity contribution >= 4 is 11.8 Å². The SMILES string of the molecule is CC(C)=CCNC(=O)C1CNC(=O)CN1. The molecule has 1 atom stereocenters. The third-order valence-electron chi connectivity index (χ3n) is 2.12. The van der Waals surface area contributed by atoms with Crippen molar-refractivity contribution in [1.29, 1.82) is 0 Å². The molecule has 0 radical (unpaired) electrons. The van der Waals surface area contributed by atoms with Gasteiger partial charge in [0.05, 0.1) is 6.54 Å². The third kappa shape index (κ3) is 4.12. The van der Waals surface area contributed by atoms with Crippen molar-refractivity contribution in [2.45, 2.75) is 19.9 Å². The van der Waals surface area contributed by atoms with Gasteiger partial charge in [0.15, 0.2) is 0 Å². The number of allylic oxidation sites excluding steroid dienone is 1. The van der Waals surface area contributed by atoms with Crippen LogP contribution in [0, 0.1) is 0 Å². The molecule has 0 bridgehead atoms. The maximum absolute atomic E-state index is 11.5. The van der Waals surface area contributed by atoms with E-state index in [1.807, 2.05) is 19.9 Å². The fourth-order valence-corrected chi connectivity index (χ4v) is 1.23. The number of carbonyl (C=O) groups excluding carboxylic acids is 2. The van der Waals surface area contributed by atoms with E-state index in [4.69, 9.17) is 0 Å². The third-order valence-corrected chi connectivity index (χ3v) is 2.12. The topological polar surface area (TPSA) is 70.2 Å². The van der Waals surface area contributed by atoms with Gasteiger partial charge in [-0.1, -0.05) is 11.6 Å². The van der Waals surface area contributed by atoms with E-state index >= 15 is 0 Å². The Labute approximate surface area is 89.3 Å². The Morgan fingerprint density at radius 2 is 2.33 bits per heavy atom. The van der Waals surface area contributed by atoms with E-state index in [0.29, 0.717) is 13.1 Å².